The number of halogens is 1. The van der Waals surface area contributed by atoms with Crippen molar-refractivity contribution in [3.63, 3.8) is 0 Å². The maximum absolute atomic E-state index is 11.7. The molecule has 0 aromatic carbocycles. The molecule has 0 radical (unpaired) electrons. The van der Waals surface area contributed by atoms with Gasteiger partial charge in [0.2, 0.25) is 0 Å². The Hall–Kier alpha value is -0.200. The van der Waals surface area contributed by atoms with Gasteiger partial charge in [-0.15, -0.1) is 23.4 Å². The summed E-state index contributed by atoms with van der Waals surface area (Å²) in [4.78, 5) is 10.9. The summed E-state index contributed by atoms with van der Waals surface area (Å²) in [7, 11) is 0. The Morgan fingerprint density at radius 2 is 2.29 bits per heavy atom. The molecule has 1 aliphatic carbocycles. The van der Waals surface area contributed by atoms with Crippen LogP contribution in [0.3, 0.4) is 0 Å². The Morgan fingerprint density at radius 3 is 2.86 bits per heavy atom. The van der Waals surface area contributed by atoms with Gasteiger partial charge in [-0.05, 0) is 6.42 Å². The fourth-order valence-corrected chi connectivity index (χ4v) is 4.32. The molecule has 2 nitrogen and oxygen atoms in total. The van der Waals surface area contributed by atoms with E-state index in [1.54, 1.807) is 11.8 Å². The lowest BCUT2D eigenvalue weighted by molar-refractivity contribution is -0.126. The molecule has 0 bridgehead atoms. The Balaban J connectivity index is 2.22. The quantitative estimate of drug-likeness (QED) is 0.599. The van der Waals surface area contributed by atoms with Crippen molar-refractivity contribution in [3.05, 3.63) is 0 Å². The van der Waals surface area contributed by atoms with Gasteiger partial charge in [0.05, 0.1) is 6.07 Å². The number of thioether (sulfide) groups is 1. The van der Waals surface area contributed by atoms with E-state index >= 15 is 0 Å². The second kappa shape index (κ2) is 2.90. The molecule has 1 aliphatic heterocycles. The molecular weight excluding hydrogens is 218 g/mol. The summed E-state index contributed by atoms with van der Waals surface area (Å²) in [6.45, 7) is 4.08. The predicted molar refractivity (Wildman–Crippen MR) is 57.4 cm³/mol. The van der Waals surface area contributed by atoms with Crippen molar-refractivity contribution in [3.8, 4) is 6.07 Å². The Bertz CT molecular complexity index is 336. The number of carbonyl (C=O) groups excluding carboxylic acids is 1. The highest BCUT2D eigenvalue weighted by Crippen LogP contribution is 2.57. The molecule has 0 aromatic heterocycles. The molecule has 2 fully saturated rings. The van der Waals surface area contributed by atoms with Crippen molar-refractivity contribution in [2.75, 3.05) is 0 Å². The fraction of sp³-hybridized carbons (Fsp3) is 0.800. The third kappa shape index (κ3) is 1.36. The molecule has 1 saturated heterocycles. The first-order valence-electron chi connectivity index (χ1n) is 4.69. The number of ketones is 1. The molecule has 0 N–H and O–H groups in total. The lowest BCUT2D eigenvalue weighted by atomic mass is 9.70. The van der Waals surface area contributed by atoms with Crippen LogP contribution >= 0.6 is 23.4 Å². The van der Waals surface area contributed by atoms with Gasteiger partial charge in [-0.1, -0.05) is 13.8 Å². The molecule has 1 saturated carbocycles. The number of rotatable bonds is 0. The van der Waals surface area contributed by atoms with Crippen molar-refractivity contribution < 1.29 is 4.79 Å². The first-order valence-corrected chi connectivity index (χ1v) is 5.94. The summed E-state index contributed by atoms with van der Waals surface area (Å²) in [6, 6.07) is 2.13. The number of hydrogen-bond acceptors (Lipinski definition) is 3. The highest BCUT2D eigenvalue weighted by molar-refractivity contribution is 8.01. The molecular formula is C10H12ClNOS. The lowest BCUT2D eigenvalue weighted by Crippen LogP contribution is -2.59. The number of hydrogen-bond donors (Lipinski definition) is 0. The summed E-state index contributed by atoms with van der Waals surface area (Å²) in [5, 5.41) is 8.94. The summed E-state index contributed by atoms with van der Waals surface area (Å²) < 4.78 is -0.0599. The fourth-order valence-electron chi connectivity index (χ4n) is 2.21. The minimum atomic E-state index is -0.789. The van der Waals surface area contributed by atoms with Crippen LogP contribution in [0.1, 0.15) is 26.7 Å². The first-order chi connectivity index (χ1) is 6.38. The van der Waals surface area contributed by atoms with Gasteiger partial charge in [-0.25, -0.2) is 0 Å². The molecule has 0 unspecified atom stereocenters. The van der Waals surface area contributed by atoms with Crippen LogP contribution in [0.25, 0.3) is 0 Å². The van der Waals surface area contributed by atoms with Gasteiger partial charge in [0, 0.05) is 22.3 Å². The summed E-state index contributed by atoms with van der Waals surface area (Å²) in [5.41, 5.74) is 0. The highest BCUT2D eigenvalue weighted by Gasteiger charge is 2.60. The van der Waals surface area contributed by atoms with E-state index in [-0.39, 0.29) is 21.7 Å². The van der Waals surface area contributed by atoms with Crippen molar-refractivity contribution in [1.29, 1.82) is 5.26 Å². The Kier molecular flexibility index (Phi) is 2.14. The van der Waals surface area contributed by atoms with E-state index in [0.717, 1.165) is 0 Å². The zero-order valence-electron chi connectivity index (χ0n) is 8.21. The van der Waals surface area contributed by atoms with Crippen LogP contribution in [-0.4, -0.2) is 20.7 Å². The van der Waals surface area contributed by atoms with E-state index in [0.29, 0.717) is 12.8 Å². The molecule has 0 aromatic rings. The molecule has 0 spiro atoms. The van der Waals surface area contributed by atoms with Crippen LogP contribution in [0.15, 0.2) is 0 Å². The number of nitriles is 1. The van der Waals surface area contributed by atoms with Crippen LogP contribution in [0, 0.1) is 17.2 Å². The Morgan fingerprint density at radius 1 is 1.64 bits per heavy atom. The van der Waals surface area contributed by atoms with Gasteiger partial charge in [-0.2, -0.15) is 5.26 Å². The van der Waals surface area contributed by atoms with E-state index in [2.05, 4.69) is 6.07 Å². The summed E-state index contributed by atoms with van der Waals surface area (Å²) in [5.74, 6) is 0.315. The molecule has 76 valence electrons. The van der Waals surface area contributed by atoms with Crippen molar-refractivity contribution in [1.82, 2.24) is 0 Å². The molecule has 1 heterocycles. The normalized spacial score (nSPS) is 44.9. The molecule has 4 heteroatoms. The van der Waals surface area contributed by atoms with Crippen LogP contribution in [0.5, 0.6) is 0 Å². The van der Waals surface area contributed by atoms with E-state index in [1.807, 2.05) is 13.8 Å². The maximum atomic E-state index is 11.7. The van der Waals surface area contributed by atoms with Crippen LogP contribution in [-0.2, 0) is 4.79 Å². The van der Waals surface area contributed by atoms with Crippen molar-refractivity contribution >= 4 is 29.1 Å². The predicted octanol–water partition coefficient (Wildman–Crippen LogP) is 2.36. The minimum Gasteiger partial charge on any atom is -0.299 e. The van der Waals surface area contributed by atoms with Gasteiger partial charge < -0.3 is 0 Å². The first kappa shape index (κ1) is 10.3. The third-order valence-corrected chi connectivity index (χ3v) is 5.35. The van der Waals surface area contributed by atoms with Crippen LogP contribution < -0.4 is 0 Å². The van der Waals surface area contributed by atoms with Crippen LogP contribution in [0.2, 0.25) is 0 Å². The minimum absolute atomic E-state index is 0.00502. The second-order valence-corrected chi connectivity index (χ2v) is 7.25. The van der Waals surface area contributed by atoms with E-state index in [4.69, 9.17) is 16.9 Å². The standard InChI is InChI=1S/C10H12ClNOS/c1-9(2)4-7(13)6-3-10(11,5-12)8(6)14-9/h6,8H,3-4H2,1-2H3/t6-,8-,10+/m1/s1. The van der Waals surface area contributed by atoms with E-state index in [1.165, 1.54) is 0 Å². The number of alkyl halides is 1. The topological polar surface area (TPSA) is 40.9 Å². The van der Waals surface area contributed by atoms with Gasteiger partial charge in [0.25, 0.3) is 0 Å². The largest absolute Gasteiger partial charge is 0.299 e. The molecule has 2 aliphatic rings. The summed E-state index contributed by atoms with van der Waals surface area (Å²) >= 11 is 7.82. The average molecular weight is 230 g/mol. The number of carbonyl (C=O) groups is 1. The Labute approximate surface area is 93.0 Å². The SMILES string of the molecule is CC1(C)CC(=O)[C@H]2C[C@](Cl)(C#N)[C@@H]2S1. The number of nitrogens with zero attached hydrogens (tertiary/aromatic N) is 1. The lowest BCUT2D eigenvalue weighted by Gasteiger charge is -2.52. The smallest absolute Gasteiger partial charge is 0.144 e. The van der Waals surface area contributed by atoms with Crippen LogP contribution in [0.4, 0.5) is 0 Å². The van der Waals surface area contributed by atoms with Gasteiger partial charge in [0.15, 0.2) is 0 Å². The third-order valence-electron chi connectivity index (χ3n) is 2.98. The molecule has 0 amide bonds. The number of Topliss-reactive ketones (excluding diaryl/α,β-unsaturated/α-hetero) is 1. The van der Waals surface area contributed by atoms with Gasteiger partial charge >= 0.3 is 0 Å². The van der Waals surface area contributed by atoms with Gasteiger partial charge in [-0.3, -0.25) is 4.79 Å². The monoisotopic (exact) mass is 229 g/mol. The second-order valence-electron chi connectivity index (χ2n) is 4.73. The maximum Gasteiger partial charge on any atom is 0.144 e. The van der Waals surface area contributed by atoms with Crippen molar-refractivity contribution in [2.24, 2.45) is 5.92 Å². The zero-order valence-corrected chi connectivity index (χ0v) is 9.78. The van der Waals surface area contributed by atoms with Crippen molar-refractivity contribution in [2.45, 2.75) is 41.6 Å². The average Bonchev–Trinajstić information content (AvgIpc) is 2.07. The van der Waals surface area contributed by atoms with E-state index < -0.39 is 4.87 Å². The molecule has 2 rings (SSSR count). The highest BCUT2D eigenvalue weighted by atomic mass is 35.5. The van der Waals surface area contributed by atoms with E-state index in [9.17, 15) is 4.79 Å². The molecule has 14 heavy (non-hydrogen) atoms. The molecule has 3 atom stereocenters. The zero-order chi connectivity index (χ0) is 10.6. The summed E-state index contributed by atoms with van der Waals surface area (Å²) in [6.07, 6.45) is 1.15. The number of fused-ring (bicyclic) bond motifs is 1. The van der Waals surface area contributed by atoms with Gasteiger partial charge in [0.1, 0.15) is 10.7 Å².